The summed E-state index contributed by atoms with van der Waals surface area (Å²) >= 11 is 1.66. The average Bonchev–Trinajstić information content (AvgIpc) is 3.27. The van der Waals surface area contributed by atoms with Crippen molar-refractivity contribution in [3.8, 4) is 11.3 Å². The molecule has 0 radical (unpaired) electrons. The lowest BCUT2D eigenvalue weighted by Crippen LogP contribution is -2.61. The van der Waals surface area contributed by atoms with Gasteiger partial charge in [-0.05, 0) is 59.6 Å². The average molecular weight is 453 g/mol. The molecule has 0 amide bonds. The van der Waals surface area contributed by atoms with Gasteiger partial charge in [0.15, 0.2) is 16.6 Å². The van der Waals surface area contributed by atoms with Gasteiger partial charge < -0.3 is 14.6 Å². The molecule has 0 bridgehead atoms. The maximum Gasteiger partial charge on any atom is 0.186 e. The SMILES string of the molecule is Cc1cn2cc(-c3cc4sc(N(C)C5CC(C)(C)NC(C)(C)C5)nc4cn3)cc(F)c2n1. The number of piperidine rings is 1. The van der Waals surface area contributed by atoms with Gasteiger partial charge in [0.05, 0.1) is 22.3 Å². The summed E-state index contributed by atoms with van der Waals surface area (Å²) in [6, 6.07) is 3.91. The second kappa shape index (κ2) is 7.22. The number of pyridine rings is 2. The molecule has 5 heterocycles. The van der Waals surface area contributed by atoms with Gasteiger partial charge in [0, 0.05) is 42.1 Å². The first-order valence-corrected chi connectivity index (χ1v) is 11.8. The van der Waals surface area contributed by atoms with E-state index in [2.05, 4.69) is 54.9 Å². The zero-order valence-electron chi connectivity index (χ0n) is 19.4. The lowest BCUT2D eigenvalue weighted by Gasteiger charge is -2.48. The number of thiazole rings is 1. The fourth-order valence-corrected chi connectivity index (χ4v) is 6.15. The summed E-state index contributed by atoms with van der Waals surface area (Å²) in [4.78, 5) is 16.0. The van der Waals surface area contributed by atoms with Crippen LogP contribution in [0.4, 0.5) is 9.52 Å². The molecule has 5 rings (SSSR count). The van der Waals surface area contributed by atoms with Crippen molar-refractivity contribution in [3.05, 3.63) is 42.2 Å². The number of aromatic nitrogens is 4. The van der Waals surface area contributed by atoms with E-state index in [9.17, 15) is 4.39 Å². The molecule has 1 N–H and O–H groups in total. The van der Waals surface area contributed by atoms with Gasteiger partial charge in [-0.15, -0.1) is 0 Å². The van der Waals surface area contributed by atoms with E-state index >= 15 is 0 Å². The Labute approximate surface area is 191 Å². The summed E-state index contributed by atoms with van der Waals surface area (Å²) in [5, 5.41) is 4.74. The summed E-state index contributed by atoms with van der Waals surface area (Å²) in [5.74, 6) is -0.349. The van der Waals surface area contributed by atoms with Crippen molar-refractivity contribution < 1.29 is 4.39 Å². The van der Waals surface area contributed by atoms with Gasteiger partial charge in [-0.3, -0.25) is 4.98 Å². The van der Waals surface area contributed by atoms with Crippen molar-refractivity contribution in [2.75, 3.05) is 11.9 Å². The number of fused-ring (bicyclic) bond motifs is 2. The number of nitrogens with zero attached hydrogens (tertiary/aromatic N) is 5. The molecule has 0 aliphatic carbocycles. The molecular weight excluding hydrogens is 423 g/mol. The third-order valence-electron chi connectivity index (χ3n) is 6.20. The monoisotopic (exact) mass is 452 g/mol. The molecule has 1 saturated heterocycles. The van der Waals surface area contributed by atoms with E-state index in [4.69, 9.17) is 4.98 Å². The van der Waals surface area contributed by atoms with Crippen LogP contribution in [0.2, 0.25) is 0 Å². The number of halogens is 1. The van der Waals surface area contributed by atoms with Crippen LogP contribution < -0.4 is 10.2 Å². The minimum Gasteiger partial charge on any atom is -0.348 e. The van der Waals surface area contributed by atoms with E-state index in [0.717, 1.165) is 45.1 Å². The Hall–Kier alpha value is -2.58. The van der Waals surface area contributed by atoms with Crippen LogP contribution in [0.5, 0.6) is 0 Å². The molecular formula is C24H29FN6S. The second-order valence-electron chi connectivity index (χ2n) is 10.3. The lowest BCUT2D eigenvalue weighted by atomic mass is 9.79. The molecule has 1 aliphatic heterocycles. The summed E-state index contributed by atoms with van der Waals surface area (Å²) in [7, 11) is 2.14. The van der Waals surface area contributed by atoms with Crippen LogP contribution in [0.3, 0.4) is 0 Å². The highest BCUT2D eigenvalue weighted by Crippen LogP contribution is 2.37. The number of hydrogen-bond acceptors (Lipinski definition) is 6. The normalized spacial score (nSPS) is 18.5. The van der Waals surface area contributed by atoms with E-state index in [1.165, 1.54) is 6.07 Å². The summed E-state index contributed by atoms with van der Waals surface area (Å²) in [6.07, 6.45) is 7.59. The number of rotatable bonds is 3. The Balaban J connectivity index is 1.48. The fraction of sp³-hybridized carbons (Fsp3) is 0.458. The van der Waals surface area contributed by atoms with Gasteiger partial charge >= 0.3 is 0 Å². The van der Waals surface area contributed by atoms with Crippen LogP contribution in [0, 0.1) is 12.7 Å². The Bertz CT molecular complexity index is 1310. The number of hydrogen-bond donors (Lipinski definition) is 1. The van der Waals surface area contributed by atoms with Crippen LogP contribution in [-0.2, 0) is 0 Å². The van der Waals surface area contributed by atoms with Gasteiger partial charge in [-0.1, -0.05) is 11.3 Å². The highest BCUT2D eigenvalue weighted by molar-refractivity contribution is 7.22. The second-order valence-corrected chi connectivity index (χ2v) is 11.3. The molecule has 0 aromatic carbocycles. The topological polar surface area (TPSA) is 58.4 Å². The van der Waals surface area contributed by atoms with Gasteiger partial charge in [0.1, 0.15) is 5.52 Å². The molecule has 32 heavy (non-hydrogen) atoms. The number of imidazole rings is 1. The van der Waals surface area contributed by atoms with Crippen molar-refractivity contribution in [2.24, 2.45) is 0 Å². The van der Waals surface area contributed by atoms with Gasteiger partial charge in [0.2, 0.25) is 0 Å². The fourth-order valence-electron chi connectivity index (χ4n) is 5.15. The smallest absolute Gasteiger partial charge is 0.186 e. The molecule has 8 heteroatoms. The minimum absolute atomic E-state index is 0.0699. The van der Waals surface area contributed by atoms with Crippen molar-refractivity contribution in [1.82, 2.24) is 24.7 Å². The van der Waals surface area contributed by atoms with Crippen LogP contribution >= 0.6 is 11.3 Å². The first-order valence-electron chi connectivity index (χ1n) is 10.9. The predicted molar refractivity (Wildman–Crippen MR) is 129 cm³/mol. The van der Waals surface area contributed by atoms with Crippen LogP contribution in [0.1, 0.15) is 46.2 Å². The quantitative estimate of drug-likeness (QED) is 0.463. The first kappa shape index (κ1) is 21.3. The van der Waals surface area contributed by atoms with E-state index in [-0.39, 0.29) is 16.9 Å². The highest BCUT2D eigenvalue weighted by atomic mass is 32.1. The predicted octanol–water partition coefficient (Wildman–Crippen LogP) is 5.20. The molecule has 0 spiro atoms. The van der Waals surface area contributed by atoms with Gasteiger partial charge in [-0.2, -0.15) is 0 Å². The maximum atomic E-state index is 14.6. The number of anilines is 1. The van der Waals surface area contributed by atoms with Gasteiger partial charge in [0.25, 0.3) is 0 Å². The van der Waals surface area contributed by atoms with E-state index in [0.29, 0.717) is 11.7 Å². The molecule has 1 aliphatic rings. The largest absolute Gasteiger partial charge is 0.348 e. The Morgan fingerprint density at radius 2 is 1.84 bits per heavy atom. The molecule has 0 saturated carbocycles. The van der Waals surface area contributed by atoms with Gasteiger partial charge in [-0.25, -0.2) is 14.4 Å². The van der Waals surface area contributed by atoms with Crippen LogP contribution in [0.15, 0.2) is 30.7 Å². The van der Waals surface area contributed by atoms with E-state index < -0.39 is 0 Å². The summed E-state index contributed by atoms with van der Waals surface area (Å²) in [6.45, 7) is 10.9. The van der Waals surface area contributed by atoms with E-state index in [1.807, 2.05) is 25.4 Å². The van der Waals surface area contributed by atoms with E-state index in [1.54, 1.807) is 21.9 Å². The molecule has 6 nitrogen and oxygen atoms in total. The summed E-state index contributed by atoms with van der Waals surface area (Å²) in [5.41, 5.74) is 3.57. The molecule has 4 aromatic rings. The highest BCUT2D eigenvalue weighted by Gasteiger charge is 2.39. The molecule has 0 atom stereocenters. The van der Waals surface area contributed by atoms with Crippen molar-refractivity contribution in [1.29, 1.82) is 0 Å². The maximum absolute atomic E-state index is 14.6. The summed E-state index contributed by atoms with van der Waals surface area (Å²) < 4.78 is 17.3. The number of nitrogens with one attached hydrogen (secondary N) is 1. The zero-order valence-corrected chi connectivity index (χ0v) is 20.2. The van der Waals surface area contributed by atoms with Crippen molar-refractivity contribution >= 4 is 32.3 Å². The van der Waals surface area contributed by atoms with Crippen molar-refractivity contribution in [3.63, 3.8) is 0 Å². The van der Waals surface area contributed by atoms with Crippen LogP contribution in [0.25, 0.3) is 27.1 Å². The first-order chi connectivity index (χ1) is 15.0. The molecule has 0 unspecified atom stereocenters. The third kappa shape index (κ3) is 3.86. The molecule has 168 valence electrons. The molecule has 4 aromatic heterocycles. The Morgan fingerprint density at radius 1 is 1.12 bits per heavy atom. The minimum atomic E-state index is -0.349. The Kier molecular flexibility index (Phi) is 4.80. The zero-order chi connectivity index (χ0) is 22.8. The lowest BCUT2D eigenvalue weighted by molar-refractivity contribution is 0.161. The van der Waals surface area contributed by atoms with Crippen LogP contribution in [-0.4, -0.2) is 43.5 Å². The van der Waals surface area contributed by atoms with Crippen molar-refractivity contribution in [2.45, 2.75) is 64.6 Å². The standard InChI is InChI=1S/C24H29FN6S/c1-14-12-31-13-15(7-17(25)21(31)27-14)18-8-20-19(11-26-18)28-22(32-20)30(6)16-9-23(2,3)29-24(4,5)10-16/h7-8,11-13,16,29H,9-10H2,1-6H3. The Morgan fingerprint density at radius 3 is 2.56 bits per heavy atom. The number of aryl methyl sites for hydroxylation is 1. The molecule has 1 fully saturated rings. The third-order valence-corrected chi connectivity index (χ3v) is 7.31.